The van der Waals surface area contributed by atoms with E-state index in [2.05, 4.69) is 15.9 Å². The SMILES string of the molecule is COc1ccc(OC)c(C(O)CN2CCN(c3cccc(Cl)c3)CC2)c1. The largest absolute Gasteiger partial charge is 0.497 e. The van der Waals surface area contributed by atoms with Crippen molar-refractivity contribution in [1.29, 1.82) is 0 Å². The van der Waals surface area contributed by atoms with Crippen molar-refractivity contribution >= 4 is 17.3 Å². The highest BCUT2D eigenvalue weighted by Gasteiger charge is 2.22. The van der Waals surface area contributed by atoms with E-state index in [4.69, 9.17) is 21.1 Å². The number of rotatable bonds is 6. The summed E-state index contributed by atoms with van der Waals surface area (Å²) in [6, 6.07) is 13.4. The molecule has 1 aliphatic heterocycles. The molecule has 0 amide bonds. The molecule has 1 unspecified atom stereocenters. The van der Waals surface area contributed by atoms with Crippen LogP contribution in [0, 0.1) is 0 Å². The van der Waals surface area contributed by atoms with Crippen molar-refractivity contribution in [3.63, 3.8) is 0 Å². The van der Waals surface area contributed by atoms with Crippen LogP contribution in [0.5, 0.6) is 11.5 Å². The lowest BCUT2D eigenvalue weighted by Crippen LogP contribution is -2.47. The number of methoxy groups -OCH3 is 2. The summed E-state index contributed by atoms with van der Waals surface area (Å²) in [5.41, 5.74) is 1.90. The van der Waals surface area contributed by atoms with Gasteiger partial charge in [0.15, 0.2) is 0 Å². The fourth-order valence-electron chi connectivity index (χ4n) is 3.30. The van der Waals surface area contributed by atoms with Gasteiger partial charge in [0.1, 0.15) is 11.5 Å². The second-order valence-electron chi connectivity index (χ2n) is 6.39. The van der Waals surface area contributed by atoms with Crippen molar-refractivity contribution in [2.45, 2.75) is 6.10 Å². The fourth-order valence-corrected chi connectivity index (χ4v) is 3.49. The van der Waals surface area contributed by atoms with Gasteiger partial charge in [0, 0.05) is 49.0 Å². The molecular formula is C20H25ClN2O3. The summed E-state index contributed by atoms with van der Waals surface area (Å²) >= 11 is 6.09. The maximum absolute atomic E-state index is 10.7. The Bertz CT molecular complexity index is 733. The summed E-state index contributed by atoms with van der Waals surface area (Å²) in [5, 5.41) is 11.5. The van der Waals surface area contributed by atoms with Crippen molar-refractivity contribution in [2.24, 2.45) is 0 Å². The van der Waals surface area contributed by atoms with E-state index in [9.17, 15) is 5.11 Å². The van der Waals surface area contributed by atoms with Crippen LogP contribution in [-0.2, 0) is 0 Å². The molecule has 0 saturated carbocycles. The summed E-state index contributed by atoms with van der Waals surface area (Å²) in [7, 11) is 3.23. The first-order valence-corrected chi connectivity index (χ1v) is 9.11. The quantitative estimate of drug-likeness (QED) is 0.838. The maximum atomic E-state index is 10.7. The Morgan fingerprint density at radius 2 is 1.81 bits per heavy atom. The highest BCUT2D eigenvalue weighted by Crippen LogP contribution is 2.30. The monoisotopic (exact) mass is 376 g/mol. The topological polar surface area (TPSA) is 45.2 Å². The molecule has 1 N–H and O–H groups in total. The Kier molecular flexibility index (Phi) is 6.25. The van der Waals surface area contributed by atoms with Gasteiger partial charge in [-0.3, -0.25) is 4.90 Å². The van der Waals surface area contributed by atoms with Gasteiger partial charge in [0.25, 0.3) is 0 Å². The minimum Gasteiger partial charge on any atom is -0.497 e. The van der Waals surface area contributed by atoms with Crippen LogP contribution >= 0.6 is 11.6 Å². The van der Waals surface area contributed by atoms with Gasteiger partial charge in [0.05, 0.1) is 20.3 Å². The zero-order chi connectivity index (χ0) is 18.5. The molecule has 140 valence electrons. The second-order valence-corrected chi connectivity index (χ2v) is 6.83. The van der Waals surface area contributed by atoms with Crippen LogP contribution in [0.1, 0.15) is 11.7 Å². The van der Waals surface area contributed by atoms with Crippen LogP contribution in [0.2, 0.25) is 5.02 Å². The molecule has 3 rings (SSSR count). The van der Waals surface area contributed by atoms with Crippen LogP contribution in [0.4, 0.5) is 5.69 Å². The van der Waals surface area contributed by atoms with Gasteiger partial charge >= 0.3 is 0 Å². The molecule has 0 bridgehead atoms. The number of aliphatic hydroxyl groups is 1. The highest BCUT2D eigenvalue weighted by molar-refractivity contribution is 6.30. The zero-order valence-corrected chi connectivity index (χ0v) is 15.9. The van der Waals surface area contributed by atoms with E-state index in [-0.39, 0.29) is 0 Å². The van der Waals surface area contributed by atoms with E-state index >= 15 is 0 Å². The first kappa shape index (κ1) is 18.8. The average molecular weight is 377 g/mol. The molecule has 26 heavy (non-hydrogen) atoms. The van der Waals surface area contributed by atoms with E-state index in [0.29, 0.717) is 18.0 Å². The minimum absolute atomic E-state index is 0.562. The van der Waals surface area contributed by atoms with E-state index in [1.165, 1.54) is 0 Å². The Hall–Kier alpha value is -1.95. The number of anilines is 1. The van der Waals surface area contributed by atoms with Gasteiger partial charge in [-0.15, -0.1) is 0 Å². The van der Waals surface area contributed by atoms with Gasteiger partial charge in [-0.25, -0.2) is 0 Å². The third kappa shape index (κ3) is 4.41. The third-order valence-corrected chi connectivity index (χ3v) is 5.01. The first-order valence-electron chi connectivity index (χ1n) is 8.73. The summed E-state index contributed by atoms with van der Waals surface area (Å²) in [6.07, 6.45) is -0.627. The number of hydrogen-bond acceptors (Lipinski definition) is 5. The lowest BCUT2D eigenvalue weighted by Gasteiger charge is -2.37. The van der Waals surface area contributed by atoms with Crippen molar-refractivity contribution < 1.29 is 14.6 Å². The van der Waals surface area contributed by atoms with Crippen molar-refractivity contribution in [1.82, 2.24) is 4.90 Å². The van der Waals surface area contributed by atoms with Crippen molar-refractivity contribution in [3.8, 4) is 11.5 Å². The molecule has 0 spiro atoms. The van der Waals surface area contributed by atoms with E-state index in [1.54, 1.807) is 14.2 Å². The number of benzene rings is 2. The lowest BCUT2D eigenvalue weighted by molar-refractivity contribution is 0.107. The third-order valence-electron chi connectivity index (χ3n) is 4.77. The lowest BCUT2D eigenvalue weighted by atomic mass is 10.1. The molecule has 1 heterocycles. The molecule has 1 saturated heterocycles. The standard InChI is InChI=1S/C20H25ClN2O3/c1-25-17-6-7-20(26-2)18(13-17)19(24)14-22-8-10-23(11-9-22)16-5-3-4-15(21)12-16/h3-7,12-13,19,24H,8-11,14H2,1-2H3. The summed E-state index contributed by atoms with van der Waals surface area (Å²) in [4.78, 5) is 4.59. The Balaban J connectivity index is 1.61. The van der Waals surface area contributed by atoms with Crippen molar-refractivity contribution in [3.05, 3.63) is 53.1 Å². The van der Waals surface area contributed by atoms with E-state index in [0.717, 1.165) is 42.5 Å². The minimum atomic E-state index is -0.627. The van der Waals surface area contributed by atoms with Crippen LogP contribution in [0.3, 0.4) is 0 Å². The number of nitrogens with zero attached hydrogens (tertiary/aromatic N) is 2. The molecule has 2 aromatic carbocycles. The van der Waals surface area contributed by atoms with Crippen LogP contribution in [0.15, 0.2) is 42.5 Å². The predicted molar refractivity (Wildman–Crippen MR) is 105 cm³/mol. The number of hydrogen-bond donors (Lipinski definition) is 1. The van der Waals surface area contributed by atoms with Crippen LogP contribution in [-0.4, -0.2) is 56.9 Å². The number of aliphatic hydroxyl groups excluding tert-OH is 1. The number of β-amino-alcohol motifs (C(OH)–C–C–N with tert-alkyl or cyclic N) is 1. The Morgan fingerprint density at radius 1 is 1.04 bits per heavy atom. The second kappa shape index (κ2) is 8.62. The summed E-state index contributed by atoms with van der Waals surface area (Å²) < 4.78 is 10.7. The predicted octanol–water partition coefficient (Wildman–Crippen LogP) is 3.21. The number of piperazine rings is 1. The molecule has 5 nitrogen and oxygen atoms in total. The van der Waals surface area contributed by atoms with Crippen LogP contribution in [0.25, 0.3) is 0 Å². The summed E-state index contributed by atoms with van der Waals surface area (Å²) in [6.45, 7) is 4.14. The normalized spacial score (nSPS) is 16.4. The van der Waals surface area contributed by atoms with Gasteiger partial charge in [-0.05, 0) is 36.4 Å². The zero-order valence-electron chi connectivity index (χ0n) is 15.2. The smallest absolute Gasteiger partial charge is 0.124 e. The molecule has 1 aliphatic rings. The van der Waals surface area contributed by atoms with E-state index < -0.39 is 6.10 Å². The van der Waals surface area contributed by atoms with Crippen molar-refractivity contribution in [2.75, 3.05) is 51.8 Å². The molecule has 6 heteroatoms. The molecule has 1 fully saturated rings. The first-order chi connectivity index (χ1) is 12.6. The average Bonchev–Trinajstić information content (AvgIpc) is 2.68. The number of halogens is 1. The van der Waals surface area contributed by atoms with E-state index in [1.807, 2.05) is 36.4 Å². The van der Waals surface area contributed by atoms with Gasteiger partial charge in [-0.1, -0.05) is 17.7 Å². The Labute approximate surface area is 159 Å². The molecule has 2 aromatic rings. The molecule has 0 radical (unpaired) electrons. The Morgan fingerprint density at radius 3 is 2.46 bits per heavy atom. The van der Waals surface area contributed by atoms with Gasteiger partial charge < -0.3 is 19.5 Å². The summed E-state index contributed by atoms with van der Waals surface area (Å²) in [5.74, 6) is 1.39. The fraction of sp³-hybridized carbons (Fsp3) is 0.400. The number of ether oxygens (including phenoxy) is 2. The van der Waals surface area contributed by atoms with Gasteiger partial charge in [0.2, 0.25) is 0 Å². The molecule has 1 atom stereocenters. The molecule has 0 aromatic heterocycles. The van der Waals surface area contributed by atoms with Gasteiger partial charge in [-0.2, -0.15) is 0 Å². The highest BCUT2D eigenvalue weighted by atomic mass is 35.5. The molecular weight excluding hydrogens is 352 g/mol. The maximum Gasteiger partial charge on any atom is 0.124 e. The van der Waals surface area contributed by atoms with Crippen LogP contribution < -0.4 is 14.4 Å². The molecule has 0 aliphatic carbocycles.